The van der Waals surface area contributed by atoms with Crippen LogP contribution in [0, 0.1) is 0 Å². The van der Waals surface area contributed by atoms with Gasteiger partial charge in [0.25, 0.3) is 5.56 Å². The van der Waals surface area contributed by atoms with Gasteiger partial charge >= 0.3 is 0 Å². The number of fused-ring (bicyclic) bond motifs is 2. The highest BCUT2D eigenvalue weighted by Gasteiger charge is 2.09. The molecule has 0 aliphatic carbocycles. The van der Waals surface area contributed by atoms with Gasteiger partial charge in [-0.1, -0.05) is 29.5 Å². The molecule has 1 N–H and O–H groups in total. The molecule has 0 aliphatic heterocycles. The second kappa shape index (κ2) is 7.79. The summed E-state index contributed by atoms with van der Waals surface area (Å²) in [5.41, 5.74) is 2.65. The highest BCUT2D eigenvalue weighted by Crippen LogP contribution is 2.20. The van der Waals surface area contributed by atoms with Crippen LogP contribution in [0.5, 0.6) is 0 Å². The first kappa shape index (κ1) is 18.6. The van der Waals surface area contributed by atoms with E-state index in [9.17, 15) is 9.59 Å². The van der Waals surface area contributed by atoms with Crippen molar-refractivity contribution in [2.24, 2.45) is 0 Å². The summed E-state index contributed by atoms with van der Waals surface area (Å²) in [5, 5.41) is 11.3. The predicted molar refractivity (Wildman–Crippen MR) is 115 cm³/mol. The molecule has 5 rings (SSSR count). The Hall–Kier alpha value is -4.40. The lowest BCUT2D eigenvalue weighted by molar-refractivity contribution is -0.116. The summed E-state index contributed by atoms with van der Waals surface area (Å²) in [6.07, 6.45) is 5.59. The van der Waals surface area contributed by atoms with Crippen molar-refractivity contribution in [1.82, 2.24) is 29.4 Å². The number of nitrogens with zero attached hydrogens (tertiary/aromatic N) is 6. The third-order valence-corrected chi connectivity index (χ3v) is 4.88. The summed E-state index contributed by atoms with van der Waals surface area (Å²) in [6, 6.07) is 16.2. The average Bonchev–Trinajstić information content (AvgIpc) is 3.24. The van der Waals surface area contributed by atoms with Gasteiger partial charge in [0.2, 0.25) is 11.7 Å². The maximum atomic E-state index is 12.5. The average molecular weight is 411 g/mol. The van der Waals surface area contributed by atoms with Gasteiger partial charge in [0.05, 0.1) is 17.6 Å². The summed E-state index contributed by atoms with van der Waals surface area (Å²) >= 11 is 0. The Kier molecular flexibility index (Phi) is 4.68. The van der Waals surface area contributed by atoms with Gasteiger partial charge in [-0.2, -0.15) is 0 Å². The number of imidazole rings is 1. The Morgan fingerprint density at radius 3 is 2.71 bits per heavy atom. The number of nitrogens with one attached hydrogen (secondary N) is 1. The molecular formula is C22H17N7O2. The number of benzene rings is 2. The zero-order valence-corrected chi connectivity index (χ0v) is 16.3. The summed E-state index contributed by atoms with van der Waals surface area (Å²) < 4.78 is 3.06. The second-order valence-corrected chi connectivity index (χ2v) is 6.96. The first-order valence-corrected chi connectivity index (χ1v) is 9.70. The fourth-order valence-electron chi connectivity index (χ4n) is 3.29. The molecule has 0 spiro atoms. The lowest BCUT2D eigenvalue weighted by Crippen LogP contribution is -2.26. The zero-order chi connectivity index (χ0) is 21.2. The maximum absolute atomic E-state index is 12.5. The van der Waals surface area contributed by atoms with E-state index in [4.69, 9.17) is 0 Å². The van der Waals surface area contributed by atoms with Crippen LogP contribution in [0.15, 0.2) is 78.0 Å². The number of rotatable bonds is 5. The number of hydrogen-bond acceptors (Lipinski definition) is 6. The van der Waals surface area contributed by atoms with Crippen molar-refractivity contribution in [3.8, 4) is 11.3 Å². The number of aromatic nitrogens is 6. The van der Waals surface area contributed by atoms with Gasteiger partial charge in [-0.15, -0.1) is 5.10 Å². The van der Waals surface area contributed by atoms with E-state index in [0.717, 1.165) is 11.3 Å². The van der Waals surface area contributed by atoms with Gasteiger partial charge in [-0.25, -0.2) is 14.6 Å². The third-order valence-electron chi connectivity index (χ3n) is 4.88. The Morgan fingerprint density at radius 2 is 1.87 bits per heavy atom. The molecule has 0 saturated carbocycles. The van der Waals surface area contributed by atoms with Gasteiger partial charge < -0.3 is 5.32 Å². The first-order chi connectivity index (χ1) is 15.2. The van der Waals surface area contributed by atoms with E-state index in [1.165, 1.54) is 4.68 Å². The number of aryl methyl sites for hydroxylation is 1. The monoisotopic (exact) mass is 411 g/mol. The van der Waals surface area contributed by atoms with Crippen LogP contribution in [0.3, 0.4) is 0 Å². The van der Waals surface area contributed by atoms with Crippen molar-refractivity contribution in [3.63, 3.8) is 0 Å². The quantitative estimate of drug-likeness (QED) is 0.476. The van der Waals surface area contributed by atoms with Crippen LogP contribution in [-0.4, -0.2) is 35.3 Å². The number of anilines is 1. The molecule has 3 aromatic heterocycles. The number of amides is 1. The van der Waals surface area contributed by atoms with Crippen LogP contribution in [0.25, 0.3) is 27.9 Å². The largest absolute Gasteiger partial charge is 0.326 e. The third kappa shape index (κ3) is 3.76. The minimum absolute atomic E-state index is 0.104. The highest BCUT2D eigenvalue weighted by atomic mass is 16.2. The molecule has 2 aromatic carbocycles. The summed E-state index contributed by atoms with van der Waals surface area (Å²) in [6.45, 7) is 0.148. The molecule has 9 nitrogen and oxygen atoms in total. The zero-order valence-electron chi connectivity index (χ0n) is 16.3. The van der Waals surface area contributed by atoms with Gasteiger partial charge in [0.15, 0.2) is 0 Å². The SMILES string of the molecule is O=C(CCn1nnc2ccccc2c1=O)Nc1ccc(-c2cn3cccnc3n2)cc1. The molecule has 31 heavy (non-hydrogen) atoms. The Labute approximate surface area is 176 Å². The van der Waals surface area contributed by atoms with Crippen molar-refractivity contribution in [2.45, 2.75) is 13.0 Å². The summed E-state index contributed by atoms with van der Waals surface area (Å²) in [5.74, 6) is 0.411. The predicted octanol–water partition coefficient (Wildman–Crippen LogP) is 2.53. The molecule has 0 aliphatic rings. The Bertz CT molecular complexity index is 1420. The van der Waals surface area contributed by atoms with Crippen molar-refractivity contribution in [1.29, 1.82) is 0 Å². The van der Waals surface area contributed by atoms with Crippen molar-refractivity contribution in [2.75, 3.05) is 5.32 Å². The fourth-order valence-corrected chi connectivity index (χ4v) is 3.29. The van der Waals surface area contributed by atoms with Gasteiger partial charge in [0.1, 0.15) is 5.52 Å². The first-order valence-electron chi connectivity index (χ1n) is 9.70. The smallest absolute Gasteiger partial charge is 0.277 e. The van der Waals surface area contributed by atoms with Gasteiger partial charge in [-0.3, -0.25) is 14.0 Å². The van der Waals surface area contributed by atoms with Gasteiger partial charge in [0, 0.05) is 36.3 Å². The van der Waals surface area contributed by atoms with E-state index in [1.807, 2.05) is 47.1 Å². The van der Waals surface area contributed by atoms with Crippen LogP contribution >= 0.6 is 0 Å². The maximum Gasteiger partial charge on any atom is 0.277 e. The van der Waals surface area contributed by atoms with E-state index in [1.54, 1.807) is 30.5 Å². The molecule has 0 saturated heterocycles. The standard InChI is InChI=1S/C22H17N7O2/c30-20(10-13-29-21(31)17-4-1-2-5-18(17)26-27-29)24-16-8-6-15(7-9-16)19-14-28-12-3-11-23-22(28)25-19/h1-9,11-12,14H,10,13H2,(H,24,30). The van der Waals surface area contributed by atoms with Crippen LogP contribution in [-0.2, 0) is 11.3 Å². The van der Waals surface area contributed by atoms with Crippen molar-refractivity contribution in [3.05, 3.63) is 83.5 Å². The van der Waals surface area contributed by atoms with Crippen molar-refractivity contribution >= 4 is 28.3 Å². The van der Waals surface area contributed by atoms with Crippen LogP contribution in [0.1, 0.15) is 6.42 Å². The minimum Gasteiger partial charge on any atom is -0.326 e. The Morgan fingerprint density at radius 1 is 1.03 bits per heavy atom. The molecule has 152 valence electrons. The minimum atomic E-state index is -0.260. The normalized spacial score (nSPS) is 11.1. The van der Waals surface area contributed by atoms with E-state index in [0.29, 0.717) is 22.4 Å². The van der Waals surface area contributed by atoms with E-state index >= 15 is 0 Å². The molecule has 0 unspecified atom stereocenters. The molecule has 0 atom stereocenters. The van der Waals surface area contributed by atoms with Crippen LogP contribution in [0.4, 0.5) is 5.69 Å². The Balaban J connectivity index is 1.24. The molecule has 0 fully saturated rings. The fraction of sp³-hybridized carbons (Fsp3) is 0.0909. The lowest BCUT2D eigenvalue weighted by Gasteiger charge is -2.07. The second-order valence-electron chi connectivity index (χ2n) is 6.96. The topological polar surface area (TPSA) is 107 Å². The molecule has 0 bridgehead atoms. The summed E-state index contributed by atoms with van der Waals surface area (Å²) in [4.78, 5) is 33.5. The number of carbonyl (C=O) groups excluding carboxylic acids is 1. The molecule has 9 heteroatoms. The highest BCUT2D eigenvalue weighted by molar-refractivity contribution is 5.91. The van der Waals surface area contributed by atoms with E-state index in [2.05, 4.69) is 25.6 Å². The number of carbonyl (C=O) groups is 1. The number of hydrogen-bond donors (Lipinski definition) is 1. The molecule has 3 heterocycles. The van der Waals surface area contributed by atoms with E-state index in [-0.39, 0.29) is 24.4 Å². The molecule has 0 radical (unpaired) electrons. The lowest BCUT2D eigenvalue weighted by atomic mass is 10.1. The van der Waals surface area contributed by atoms with Crippen LogP contribution in [0.2, 0.25) is 0 Å². The molecule has 5 aromatic rings. The summed E-state index contributed by atoms with van der Waals surface area (Å²) in [7, 11) is 0. The van der Waals surface area contributed by atoms with Crippen molar-refractivity contribution < 1.29 is 4.79 Å². The van der Waals surface area contributed by atoms with Gasteiger partial charge in [-0.05, 0) is 30.3 Å². The molecular weight excluding hydrogens is 394 g/mol. The molecule has 1 amide bonds. The van der Waals surface area contributed by atoms with Crippen LogP contribution < -0.4 is 10.9 Å². The van der Waals surface area contributed by atoms with E-state index < -0.39 is 0 Å².